The molecule has 0 bridgehead atoms. The summed E-state index contributed by atoms with van der Waals surface area (Å²) in [4.78, 5) is 12.9. The van der Waals surface area contributed by atoms with E-state index in [1.807, 2.05) is 35.0 Å². The van der Waals surface area contributed by atoms with E-state index in [9.17, 15) is 4.79 Å². The second-order valence-electron chi connectivity index (χ2n) is 6.59. The summed E-state index contributed by atoms with van der Waals surface area (Å²) in [5, 5.41) is 15.2. The number of hydrogen-bond donors (Lipinski definition) is 2. The lowest BCUT2D eigenvalue weighted by Gasteiger charge is -2.22. The van der Waals surface area contributed by atoms with Crippen LogP contribution in [-0.2, 0) is 29.1 Å². The fourth-order valence-corrected chi connectivity index (χ4v) is 3.58. The first-order valence-electron chi connectivity index (χ1n) is 8.79. The minimum atomic E-state index is -0.102. The van der Waals surface area contributed by atoms with E-state index < -0.39 is 0 Å². The maximum atomic E-state index is 12.9. The standard InChI is InChI=1S/C19H20ClN5O2/c1-27-11-16-17(12-2-4-14(20)5-3-12)18(24-23-16)22-19(26)13-7-9-25-15(10-13)6-8-21-25/h2-6,8,13H,7,9-11H2,1H3,(H2,22,23,24,26). The summed E-state index contributed by atoms with van der Waals surface area (Å²) in [5.74, 6) is 0.372. The lowest BCUT2D eigenvalue weighted by Crippen LogP contribution is -2.30. The number of benzene rings is 1. The number of aryl methyl sites for hydroxylation is 1. The van der Waals surface area contributed by atoms with Crippen molar-refractivity contribution in [2.24, 2.45) is 5.92 Å². The highest BCUT2D eigenvalue weighted by Gasteiger charge is 2.27. The molecule has 140 valence electrons. The lowest BCUT2D eigenvalue weighted by molar-refractivity contribution is -0.120. The average molecular weight is 386 g/mol. The molecule has 1 aliphatic rings. The number of nitrogens with zero attached hydrogens (tertiary/aromatic N) is 3. The Bertz CT molecular complexity index is 947. The fourth-order valence-electron chi connectivity index (χ4n) is 3.45. The minimum Gasteiger partial charge on any atom is -0.378 e. The Morgan fingerprint density at radius 1 is 1.37 bits per heavy atom. The Kier molecular flexibility index (Phi) is 4.96. The highest BCUT2D eigenvalue weighted by Crippen LogP contribution is 2.32. The topological polar surface area (TPSA) is 84.8 Å². The number of anilines is 1. The predicted octanol–water partition coefficient (Wildman–Crippen LogP) is 3.27. The number of amides is 1. The molecule has 8 heteroatoms. The van der Waals surface area contributed by atoms with E-state index in [2.05, 4.69) is 20.6 Å². The van der Waals surface area contributed by atoms with Crippen LogP contribution in [0, 0.1) is 5.92 Å². The van der Waals surface area contributed by atoms with Crippen LogP contribution in [-0.4, -0.2) is 33.0 Å². The van der Waals surface area contributed by atoms with Crippen molar-refractivity contribution in [3.8, 4) is 11.1 Å². The highest BCUT2D eigenvalue weighted by atomic mass is 35.5. The molecule has 0 fully saturated rings. The van der Waals surface area contributed by atoms with E-state index in [1.165, 1.54) is 0 Å². The highest BCUT2D eigenvalue weighted by molar-refractivity contribution is 6.30. The van der Waals surface area contributed by atoms with Gasteiger partial charge < -0.3 is 10.1 Å². The van der Waals surface area contributed by atoms with Crippen molar-refractivity contribution in [3.63, 3.8) is 0 Å². The number of halogens is 1. The van der Waals surface area contributed by atoms with Gasteiger partial charge >= 0.3 is 0 Å². The van der Waals surface area contributed by atoms with E-state index in [4.69, 9.17) is 16.3 Å². The summed E-state index contributed by atoms with van der Waals surface area (Å²) >= 11 is 6.01. The molecular formula is C19H20ClN5O2. The van der Waals surface area contributed by atoms with Gasteiger partial charge in [-0.1, -0.05) is 23.7 Å². The Morgan fingerprint density at radius 2 is 2.19 bits per heavy atom. The van der Waals surface area contributed by atoms with E-state index in [0.717, 1.165) is 35.5 Å². The van der Waals surface area contributed by atoms with Gasteiger partial charge in [-0.15, -0.1) is 0 Å². The number of nitrogens with one attached hydrogen (secondary N) is 2. The molecule has 1 aliphatic heterocycles. The third-order valence-electron chi connectivity index (χ3n) is 4.82. The van der Waals surface area contributed by atoms with Crippen LogP contribution in [0.1, 0.15) is 17.8 Å². The van der Waals surface area contributed by atoms with Gasteiger partial charge in [0.1, 0.15) is 0 Å². The third-order valence-corrected chi connectivity index (χ3v) is 5.08. The molecule has 3 heterocycles. The number of fused-ring (bicyclic) bond motifs is 1. The van der Waals surface area contributed by atoms with Gasteiger partial charge in [0, 0.05) is 48.5 Å². The van der Waals surface area contributed by atoms with Gasteiger partial charge in [-0.2, -0.15) is 10.2 Å². The predicted molar refractivity (Wildman–Crippen MR) is 102 cm³/mol. The number of hydrogen-bond acceptors (Lipinski definition) is 4. The second kappa shape index (κ2) is 7.54. The van der Waals surface area contributed by atoms with Crippen molar-refractivity contribution in [1.82, 2.24) is 20.0 Å². The number of H-pyrrole nitrogens is 1. The van der Waals surface area contributed by atoms with Crippen LogP contribution in [0.2, 0.25) is 5.02 Å². The van der Waals surface area contributed by atoms with Crippen LogP contribution in [0.3, 0.4) is 0 Å². The molecule has 0 aliphatic carbocycles. The second-order valence-corrected chi connectivity index (χ2v) is 7.03. The van der Waals surface area contributed by atoms with E-state index >= 15 is 0 Å². The number of aromatic amines is 1. The molecule has 27 heavy (non-hydrogen) atoms. The number of ether oxygens (including phenoxy) is 1. The summed E-state index contributed by atoms with van der Waals surface area (Å²) < 4.78 is 7.21. The van der Waals surface area contributed by atoms with Crippen LogP contribution >= 0.6 is 11.6 Å². The molecule has 2 aromatic heterocycles. The Balaban J connectivity index is 1.58. The van der Waals surface area contributed by atoms with E-state index in [-0.39, 0.29) is 11.8 Å². The third kappa shape index (κ3) is 3.61. The first kappa shape index (κ1) is 17.8. The van der Waals surface area contributed by atoms with Gasteiger partial charge in [-0.3, -0.25) is 14.6 Å². The quantitative estimate of drug-likeness (QED) is 0.705. The molecule has 1 aromatic carbocycles. The first-order chi connectivity index (χ1) is 13.2. The molecular weight excluding hydrogens is 366 g/mol. The van der Waals surface area contributed by atoms with Crippen LogP contribution < -0.4 is 5.32 Å². The maximum Gasteiger partial charge on any atom is 0.229 e. The first-order valence-corrected chi connectivity index (χ1v) is 9.17. The van der Waals surface area contributed by atoms with E-state index in [1.54, 1.807) is 13.3 Å². The molecule has 0 spiro atoms. The van der Waals surface area contributed by atoms with Crippen molar-refractivity contribution in [2.75, 3.05) is 12.4 Å². The van der Waals surface area contributed by atoms with Gasteiger partial charge in [0.2, 0.25) is 5.91 Å². The van der Waals surface area contributed by atoms with Crippen LogP contribution in [0.4, 0.5) is 5.82 Å². The zero-order valence-corrected chi connectivity index (χ0v) is 15.7. The zero-order chi connectivity index (χ0) is 18.8. The van der Waals surface area contributed by atoms with Gasteiger partial charge in [0.15, 0.2) is 5.82 Å². The number of aromatic nitrogens is 4. The van der Waals surface area contributed by atoms with Gasteiger partial charge in [-0.05, 0) is 30.2 Å². The molecule has 0 radical (unpaired) electrons. The van der Waals surface area contributed by atoms with Crippen LogP contribution in [0.5, 0.6) is 0 Å². The molecule has 1 amide bonds. The molecule has 2 N–H and O–H groups in total. The summed E-state index contributed by atoms with van der Waals surface area (Å²) in [6, 6.07) is 9.40. The van der Waals surface area contributed by atoms with Gasteiger partial charge in [0.25, 0.3) is 0 Å². The molecule has 3 aromatic rings. The molecule has 1 atom stereocenters. The normalized spacial score (nSPS) is 16.1. The van der Waals surface area contributed by atoms with Crippen LogP contribution in [0.25, 0.3) is 11.1 Å². The van der Waals surface area contributed by atoms with Crippen molar-refractivity contribution in [2.45, 2.75) is 26.0 Å². The van der Waals surface area contributed by atoms with Crippen molar-refractivity contribution in [1.29, 1.82) is 0 Å². The zero-order valence-electron chi connectivity index (χ0n) is 14.9. The maximum absolute atomic E-state index is 12.9. The molecule has 7 nitrogen and oxygen atoms in total. The van der Waals surface area contributed by atoms with Gasteiger partial charge in [-0.25, -0.2) is 0 Å². The van der Waals surface area contributed by atoms with Crippen molar-refractivity contribution < 1.29 is 9.53 Å². The molecule has 0 saturated carbocycles. The monoisotopic (exact) mass is 385 g/mol. The molecule has 0 saturated heterocycles. The lowest BCUT2D eigenvalue weighted by atomic mass is 9.95. The summed E-state index contributed by atoms with van der Waals surface area (Å²) in [5.41, 5.74) is 3.62. The number of carbonyl (C=O) groups excluding carboxylic acids is 1. The van der Waals surface area contributed by atoms with Crippen molar-refractivity contribution in [3.05, 3.63) is 52.9 Å². The van der Waals surface area contributed by atoms with Crippen molar-refractivity contribution >= 4 is 23.3 Å². The Hall–Kier alpha value is -2.64. The number of rotatable bonds is 5. The SMILES string of the molecule is COCc1[nH]nc(NC(=O)C2CCn3nccc3C2)c1-c1ccc(Cl)cc1. The summed E-state index contributed by atoms with van der Waals surface area (Å²) in [6.45, 7) is 1.11. The fraction of sp³-hybridized carbons (Fsp3) is 0.316. The minimum absolute atomic E-state index is 0.0341. The summed E-state index contributed by atoms with van der Waals surface area (Å²) in [7, 11) is 1.62. The smallest absolute Gasteiger partial charge is 0.229 e. The molecule has 1 unspecified atom stereocenters. The summed E-state index contributed by atoms with van der Waals surface area (Å²) in [6.07, 6.45) is 3.21. The van der Waals surface area contributed by atoms with Crippen LogP contribution in [0.15, 0.2) is 36.5 Å². The van der Waals surface area contributed by atoms with Gasteiger partial charge in [0.05, 0.1) is 12.3 Å². The molecule has 4 rings (SSSR count). The number of carbonyl (C=O) groups is 1. The largest absolute Gasteiger partial charge is 0.378 e. The Morgan fingerprint density at radius 3 is 2.96 bits per heavy atom. The number of methoxy groups -OCH3 is 1. The Labute approximate surface area is 161 Å². The average Bonchev–Trinajstić information content (AvgIpc) is 3.29. The van der Waals surface area contributed by atoms with E-state index in [0.29, 0.717) is 23.9 Å².